The lowest BCUT2D eigenvalue weighted by Crippen LogP contribution is -2.07. The van der Waals surface area contributed by atoms with Crippen LogP contribution < -0.4 is 5.73 Å². The van der Waals surface area contributed by atoms with Gasteiger partial charge in [0, 0.05) is 24.5 Å². The largest absolute Gasteiger partial charge is 0.327 e. The van der Waals surface area contributed by atoms with Crippen LogP contribution in [-0.4, -0.2) is 28.8 Å². The third-order valence-electron chi connectivity index (χ3n) is 9.98. The number of benzene rings is 4. The number of hydrogen-bond acceptors (Lipinski definition) is 4. The maximum atomic E-state index is 5.54. The number of aromatic nitrogens is 2. The van der Waals surface area contributed by atoms with Crippen molar-refractivity contribution in [2.24, 2.45) is 10.7 Å². The zero-order valence-electron chi connectivity index (χ0n) is 29.8. The predicted molar refractivity (Wildman–Crippen MR) is 222 cm³/mol. The Kier molecular flexibility index (Phi) is 10.2. The number of allylic oxidation sites excluding steroid dienone is 5. The Balaban J connectivity index is 1.06. The van der Waals surface area contributed by atoms with Crippen molar-refractivity contribution in [3.63, 3.8) is 0 Å². The van der Waals surface area contributed by atoms with E-state index in [0.717, 1.165) is 53.9 Å². The molecule has 4 aromatic carbocycles. The molecule has 4 heteroatoms. The fourth-order valence-electron chi connectivity index (χ4n) is 7.36. The van der Waals surface area contributed by atoms with E-state index in [0.29, 0.717) is 6.54 Å². The van der Waals surface area contributed by atoms with E-state index < -0.39 is 0 Å². The molecule has 8 rings (SSSR count). The first kappa shape index (κ1) is 33.9. The molecule has 2 heterocycles. The van der Waals surface area contributed by atoms with E-state index in [-0.39, 0.29) is 6.04 Å². The quantitative estimate of drug-likeness (QED) is 0.146. The molecular formula is C49H42N4. The van der Waals surface area contributed by atoms with Gasteiger partial charge in [0.1, 0.15) is 0 Å². The van der Waals surface area contributed by atoms with E-state index >= 15 is 0 Å². The van der Waals surface area contributed by atoms with Crippen molar-refractivity contribution in [3.8, 4) is 56.0 Å². The van der Waals surface area contributed by atoms with Gasteiger partial charge in [-0.05, 0) is 106 Å². The van der Waals surface area contributed by atoms with E-state index in [1.807, 2.05) is 30.6 Å². The lowest BCUT2D eigenvalue weighted by Gasteiger charge is -2.19. The summed E-state index contributed by atoms with van der Waals surface area (Å²) in [4.78, 5) is 14.5. The summed E-state index contributed by atoms with van der Waals surface area (Å²) >= 11 is 0. The van der Waals surface area contributed by atoms with Crippen LogP contribution in [0.25, 0.3) is 56.0 Å². The molecule has 0 fully saturated rings. The molecule has 6 aromatic rings. The van der Waals surface area contributed by atoms with Gasteiger partial charge in [-0.3, -0.25) is 9.98 Å². The Morgan fingerprint density at radius 2 is 1.40 bits per heavy atom. The lowest BCUT2D eigenvalue weighted by molar-refractivity contribution is 0.826. The van der Waals surface area contributed by atoms with E-state index in [9.17, 15) is 0 Å². The van der Waals surface area contributed by atoms with Gasteiger partial charge in [-0.1, -0.05) is 140 Å². The van der Waals surface area contributed by atoms with Crippen LogP contribution in [0, 0.1) is 0 Å². The topological polar surface area (TPSA) is 64.2 Å². The summed E-state index contributed by atoms with van der Waals surface area (Å²) in [6.07, 6.45) is 22.3. The lowest BCUT2D eigenvalue weighted by atomic mass is 9.88. The molecule has 0 saturated heterocycles. The second-order valence-corrected chi connectivity index (χ2v) is 13.5. The van der Waals surface area contributed by atoms with Crippen molar-refractivity contribution >= 4 is 6.21 Å². The van der Waals surface area contributed by atoms with Crippen LogP contribution in [0.3, 0.4) is 0 Å². The molecule has 2 N–H and O–H groups in total. The molecule has 1 unspecified atom stereocenters. The summed E-state index contributed by atoms with van der Waals surface area (Å²) in [7, 11) is 0. The number of nitrogens with two attached hydrogens (primary N) is 1. The second kappa shape index (κ2) is 16.0. The third-order valence-corrected chi connectivity index (χ3v) is 9.98. The van der Waals surface area contributed by atoms with Crippen molar-refractivity contribution in [2.45, 2.75) is 31.7 Å². The van der Waals surface area contributed by atoms with Gasteiger partial charge in [-0.2, -0.15) is 0 Å². The van der Waals surface area contributed by atoms with E-state index in [2.05, 4.69) is 151 Å². The fraction of sp³-hybridized carbons (Fsp3) is 0.122. The van der Waals surface area contributed by atoms with Gasteiger partial charge < -0.3 is 5.73 Å². The van der Waals surface area contributed by atoms with Crippen LogP contribution in [0.1, 0.15) is 23.1 Å². The normalized spacial score (nSPS) is 15.2. The smallest absolute Gasteiger partial charge is 0.0928 e. The number of pyridine rings is 2. The van der Waals surface area contributed by atoms with E-state index in [4.69, 9.17) is 15.7 Å². The number of nitrogens with zero attached hydrogens (tertiary/aromatic N) is 3. The van der Waals surface area contributed by atoms with Gasteiger partial charge in [0.05, 0.1) is 23.1 Å². The summed E-state index contributed by atoms with van der Waals surface area (Å²) < 4.78 is 0. The first-order chi connectivity index (χ1) is 26.2. The minimum Gasteiger partial charge on any atom is -0.327 e. The van der Waals surface area contributed by atoms with Crippen LogP contribution in [0.2, 0.25) is 0 Å². The SMILES string of the molecule is NC/C=C\C=N/C1C=C(/C=C\Cc2cccc(-c3ccccc3-c3ccccc3-c3cccc(-c4ccc5c(n4)-c4ncccc4CC5)c3)c2)C=CC1. The Morgan fingerprint density at radius 3 is 2.19 bits per heavy atom. The number of rotatable bonds is 10. The molecule has 53 heavy (non-hydrogen) atoms. The number of fused-ring (bicyclic) bond motifs is 3. The molecule has 0 spiro atoms. The maximum absolute atomic E-state index is 5.54. The highest BCUT2D eigenvalue weighted by Crippen LogP contribution is 2.40. The molecule has 0 saturated carbocycles. The molecule has 2 aliphatic rings. The third kappa shape index (κ3) is 7.69. The monoisotopic (exact) mass is 686 g/mol. The zero-order chi connectivity index (χ0) is 35.8. The van der Waals surface area contributed by atoms with Crippen LogP contribution in [0.15, 0.2) is 181 Å². The summed E-state index contributed by atoms with van der Waals surface area (Å²) in [6.45, 7) is 0.526. The van der Waals surface area contributed by atoms with E-state index in [1.54, 1.807) is 0 Å². The summed E-state index contributed by atoms with van der Waals surface area (Å²) in [5.41, 5.74) is 21.8. The Hall–Kier alpha value is -6.23. The number of hydrogen-bond donors (Lipinski definition) is 1. The maximum Gasteiger partial charge on any atom is 0.0928 e. The first-order valence-corrected chi connectivity index (χ1v) is 18.5. The Labute approximate surface area is 312 Å². The van der Waals surface area contributed by atoms with Crippen molar-refractivity contribution in [2.75, 3.05) is 6.54 Å². The van der Waals surface area contributed by atoms with Crippen LogP contribution in [0.4, 0.5) is 0 Å². The first-order valence-electron chi connectivity index (χ1n) is 18.5. The summed E-state index contributed by atoms with van der Waals surface area (Å²) in [6, 6.07) is 43.9. The molecule has 4 nitrogen and oxygen atoms in total. The van der Waals surface area contributed by atoms with Crippen molar-refractivity contribution in [1.82, 2.24) is 9.97 Å². The number of aryl methyl sites for hydroxylation is 2. The van der Waals surface area contributed by atoms with Crippen LogP contribution >= 0.6 is 0 Å². The van der Waals surface area contributed by atoms with Crippen molar-refractivity contribution in [1.29, 1.82) is 0 Å². The van der Waals surface area contributed by atoms with Gasteiger partial charge in [0.25, 0.3) is 0 Å². The molecule has 258 valence electrons. The van der Waals surface area contributed by atoms with Gasteiger partial charge >= 0.3 is 0 Å². The average molecular weight is 687 g/mol. The fourth-order valence-corrected chi connectivity index (χ4v) is 7.36. The zero-order valence-corrected chi connectivity index (χ0v) is 29.8. The van der Waals surface area contributed by atoms with Gasteiger partial charge in [0.15, 0.2) is 0 Å². The summed E-state index contributed by atoms with van der Waals surface area (Å²) in [5.74, 6) is 0. The standard InChI is InChI=1S/C49H42N4/c50-29-5-6-30-51-42-20-9-15-36(33-42)13-7-12-35-14-8-16-39(32-35)43-21-1-3-23-45(43)46-24-4-2-22-44(46)40-17-10-18-41(34-40)47-28-27-38-26-25-37-19-11-31-52-48(37)49(38)53-47/h1-11,13-19,21-24,27-28,30-34,42H,12,20,25-26,29,50H2/b6-5-,13-7-,51-30-. The highest BCUT2D eigenvalue weighted by molar-refractivity contribution is 5.92. The molecule has 2 aromatic heterocycles. The van der Waals surface area contributed by atoms with Crippen molar-refractivity contribution < 1.29 is 0 Å². The second-order valence-electron chi connectivity index (χ2n) is 13.5. The highest BCUT2D eigenvalue weighted by atomic mass is 14.8. The van der Waals surface area contributed by atoms with Crippen molar-refractivity contribution in [3.05, 3.63) is 192 Å². The average Bonchev–Trinajstić information content (AvgIpc) is 3.22. The van der Waals surface area contributed by atoms with Gasteiger partial charge in [0.2, 0.25) is 0 Å². The van der Waals surface area contributed by atoms with Crippen LogP contribution in [-0.2, 0) is 19.3 Å². The minimum absolute atomic E-state index is 0.156. The molecule has 0 aliphatic heterocycles. The van der Waals surface area contributed by atoms with Crippen LogP contribution in [0.5, 0.6) is 0 Å². The Bertz CT molecular complexity index is 2410. The minimum atomic E-state index is 0.156. The molecule has 2 aliphatic carbocycles. The Morgan fingerprint density at radius 1 is 0.679 bits per heavy atom. The molecular weight excluding hydrogens is 645 g/mol. The molecule has 0 bridgehead atoms. The molecule has 1 atom stereocenters. The molecule has 0 radical (unpaired) electrons. The highest BCUT2D eigenvalue weighted by Gasteiger charge is 2.20. The number of aliphatic imine (C=N–C) groups is 1. The van der Waals surface area contributed by atoms with Gasteiger partial charge in [-0.25, -0.2) is 4.98 Å². The molecule has 0 amide bonds. The summed E-state index contributed by atoms with van der Waals surface area (Å²) in [5, 5.41) is 0. The van der Waals surface area contributed by atoms with E-state index in [1.165, 1.54) is 50.1 Å². The predicted octanol–water partition coefficient (Wildman–Crippen LogP) is 10.8. The van der Waals surface area contributed by atoms with Gasteiger partial charge in [-0.15, -0.1) is 0 Å².